The molecule has 392 valence electrons. The topological polar surface area (TPSA) is 243 Å². The largest absolute Gasteiger partial charge is 0.462 e. The van der Waals surface area contributed by atoms with E-state index in [0.29, 0.717) is 71.5 Å². The van der Waals surface area contributed by atoms with E-state index in [2.05, 4.69) is 21.3 Å². The van der Waals surface area contributed by atoms with Gasteiger partial charge in [-0.05, 0) is 174 Å². The Bertz CT molecular complexity index is 2410. The van der Waals surface area contributed by atoms with Crippen molar-refractivity contribution in [2.75, 3.05) is 41.1 Å². The van der Waals surface area contributed by atoms with E-state index in [1.165, 1.54) is 0 Å². The van der Waals surface area contributed by atoms with Gasteiger partial charge in [-0.2, -0.15) is 9.78 Å². The summed E-state index contributed by atoms with van der Waals surface area (Å²) in [6.07, 6.45) is -1.75. The Labute approximate surface area is 420 Å². The van der Waals surface area contributed by atoms with Gasteiger partial charge in [0.05, 0.1) is 25.4 Å². The molecular formula is C52H68N4O16. The lowest BCUT2D eigenvalue weighted by Crippen LogP contribution is -2.28. The van der Waals surface area contributed by atoms with Crippen LogP contribution >= 0.6 is 0 Å². The van der Waals surface area contributed by atoms with E-state index >= 15 is 0 Å². The number of amides is 4. The molecule has 0 heterocycles. The van der Waals surface area contributed by atoms with Gasteiger partial charge in [0.25, 0.3) is 6.47 Å². The summed E-state index contributed by atoms with van der Waals surface area (Å²) in [4.78, 5) is 92.3. The van der Waals surface area contributed by atoms with Crippen LogP contribution in [-0.2, 0) is 51.1 Å². The molecular weight excluding hydrogens is 937 g/mol. The molecule has 0 spiro atoms. The molecule has 4 N–H and O–H groups in total. The molecule has 0 aliphatic carbocycles. The summed E-state index contributed by atoms with van der Waals surface area (Å²) in [5.74, 6) is 0.805. The number of hydrogen-bond acceptors (Lipinski definition) is 16. The molecule has 0 aromatic heterocycles. The molecule has 0 bridgehead atoms. The van der Waals surface area contributed by atoms with Gasteiger partial charge in [-0.25, -0.2) is 24.0 Å². The van der Waals surface area contributed by atoms with E-state index in [0.717, 1.165) is 11.1 Å². The van der Waals surface area contributed by atoms with Gasteiger partial charge < -0.3 is 38.2 Å². The lowest BCUT2D eigenvalue weighted by atomic mass is 10.1. The molecule has 4 aromatic rings. The minimum Gasteiger partial charge on any atom is -0.462 e. The summed E-state index contributed by atoms with van der Waals surface area (Å²) in [7, 11) is 0. The van der Waals surface area contributed by atoms with Crippen molar-refractivity contribution in [2.45, 2.75) is 125 Å². The van der Waals surface area contributed by atoms with Crippen LogP contribution in [-0.4, -0.2) is 79.0 Å². The van der Waals surface area contributed by atoms with Gasteiger partial charge in [0, 0.05) is 35.6 Å². The Hall–Kier alpha value is -7.58. The molecule has 20 nitrogen and oxygen atoms in total. The average Bonchev–Trinajstić information content (AvgIpc) is 3.23. The first-order valence-corrected chi connectivity index (χ1v) is 22.9. The van der Waals surface area contributed by atoms with Gasteiger partial charge in [-0.1, -0.05) is 12.1 Å². The number of esters is 1. The summed E-state index contributed by atoms with van der Waals surface area (Å²) in [6.45, 7) is 23.8. The Morgan fingerprint density at radius 1 is 0.472 bits per heavy atom. The third kappa shape index (κ3) is 24.3. The summed E-state index contributed by atoms with van der Waals surface area (Å²) in [5.41, 5.74) is 0.927. The van der Waals surface area contributed by atoms with Gasteiger partial charge in [0.2, 0.25) is 0 Å². The Balaban J connectivity index is 0.000000381. The van der Waals surface area contributed by atoms with Crippen LogP contribution in [0.1, 0.15) is 111 Å². The first kappa shape index (κ1) is 58.7. The first-order chi connectivity index (χ1) is 33.6. The van der Waals surface area contributed by atoms with Crippen molar-refractivity contribution >= 4 is 59.6 Å². The maximum Gasteiger partial charge on any atom is 0.412 e. The maximum absolute atomic E-state index is 12.4. The van der Waals surface area contributed by atoms with E-state index in [1.54, 1.807) is 175 Å². The minimum atomic E-state index is -0.684. The van der Waals surface area contributed by atoms with Gasteiger partial charge in [-0.15, -0.1) is 0 Å². The summed E-state index contributed by atoms with van der Waals surface area (Å²) in [5, 5.41) is 10.7. The summed E-state index contributed by atoms with van der Waals surface area (Å²) >= 11 is 0. The van der Waals surface area contributed by atoms with Gasteiger partial charge in [0.15, 0.2) is 11.5 Å². The smallest absolute Gasteiger partial charge is 0.412 e. The quantitative estimate of drug-likeness (QED) is 0.0181. The number of ether oxygens (including phenoxy) is 6. The molecule has 4 amide bonds. The minimum absolute atomic E-state index is 0.154. The van der Waals surface area contributed by atoms with Crippen molar-refractivity contribution < 1.29 is 76.7 Å². The van der Waals surface area contributed by atoms with Crippen LogP contribution in [0.4, 0.5) is 41.9 Å². The predicted octanol–water partition coefficient (Wildman–Crippen LogP) is 11.6. The molecule has 0 fully saturated rings. The van der Waals surface area contributed by atoms with Crippen LogP contribution in [0.15, 0.2) is 84.9 Å². The molecule has 72 heavy (non-hydrogen) atoms. The fraction of sp³-hybridized carbons (Fsp3) is 0.423. The van der Waals surface area contributed by atoms with E-state index in [4.69, 9.17) is 48.0 Å². The maximum atomic E-state index is 12.4. The second-order valence-corrected chi connectivity index (χ2v) is 19.5. The van der Waals surface area contributed by atoms with Crippen LogP contribution in [0.3, 0.4) is 0 Å². The van der Waals surface area contributed by atoms with Crippen molar-refractivity contribution in [3.8, 4) is 17.2 Å². The Morgan fingerprint density at radius 2 is 0.819 bits per heavy atom. The zero-order valence-electron chi connectivity index (χ0n) is 43.2. The van der Waals surface area contributed by atoms with Crippen LogP contribution in [0.5, 0.6) is 17.2 Å². The summed E-state index contributed by atoms with van der Waals surface area (Å²) in [6, 6.07) is 22.7. The third-order valence-electron chi connectivity index (χ3n) is 8.37. The number of benzene rings is 4. The number of hydrogen-bond donors (Lipinski definition) is 4. The first-order valence-electron chi connectivity index (χ1n) is 22.9. The molecule has 4 rings (SSSR count). The average molecular weight is 1010 g/mol. The van der Waals surface area contributed by atoms with E-state index in [9.17, 15) is 28.8 Å². The monoisotopic (exact) mass is 1000 g/mol. The Kier molecular flexibility index (Phi) is 22.1. The molecule has 0 saturated heterocycles. The molecule has 0 atom stereocenters. The number of carbonyl (C=O) groups is 6. The molecule has 0 aliphatic rings. The molecule has 20 heteroatoms. The molecule has 0 saturated carbocycles. The highest BCUT2D eigenvalue weighted by molar-refractivity contribution is 5.91. The second-order valence-electron chi connectivity index (χ2n) is 19.5. The van der Waals surface area contributed by atoms with Crippen LogP contribution in [0.2, 0.25) is 0 Å². The number of anilines is 4. The highest BCUT2D eigenvalue weighted by atomic mass is 17.2. The van der Waals surface area contributed by atoms with Crippen molar-refractivity contribution in [1.29, 1.82) is 0 Å². The van der Waals surface area contributed by atoms with Crippen LogP contribution in [0, 0.1) is 0 Å². The van der Waals surface area contributed by atoms with Gasteiger partial charge >= 0.3 is 30.3 Å². The molecule has 4 aromatic carbocycles. The lowest BCUT2D eigenvalue weighted by Gasteiger charge is -2.21. The predicted molar refractivity (Wildman–Crippen MR) is 268 cm³/mol. The number of carbonyl (C=O) groups excluding carboxylic acids is 6. The van der Waals surface area contributed by atoms with E-state index in [1.807, 2.05) is 0 Å². The molecule has 0 radical (unpaired) electrons. The van der Waals surface area contributed by atoms with Crippen molar-refractivity contribution in [3.05, 3.63) is 102 Å². The van der Waals surface area contributed by atoms with Crippen molar-refractivity contribution in [2.24, 2.45) is 0 Å². The van der Waals surface area contributed by atoms with E-state index in [-0.39, 0.29) is 13.2 Å². The summed E-state index contributed by atoms with van der Waals surface area (Å²) < 4.78 is 30.9. The van der Waals surface area contributed by atoms with Crippen LogP contribution < -0.4 is 35.8 Å². The zero-order valence-corrected chi connectivity index (χ0v) is 43.2. The zero-order chi connectivity index (χ0) is 53.7. The third-order valence-corrected chi connectivity index (χ3v) is 8.37. The second kappa shape index (κ2) is 27.1. The standard InChI is InChI=1S/C27H36N2O8.C25H32N2O8/c1-8-33-23(30)19-10-13-21(14-11-19)37-34-16-15-18-9-12-20(28-24(31)35-26(2,3)4)17-22(18)29-25(32)36-27(5,6)7;1-24(2,3)33-22(29)26-18-8-7-17(21(15-18)27-23(30)34-25(4,5)6)13-14-32-35-20-11-9-19(10-12-20)31-16-28/h9-14,17H,8,15-16H2,1-7H3,(H,28,31)(H,29,32);7-12,15-16H,13-14H2,1-6H3,(H,26,29)(H,27,30). The molecule has 0 aliphatic heterocycles. The number of rotatable bonds is 18. The van der Waals surface area contributed by atoms with Crippen molar-refractivity contribution in [1.82, 2.24) is 0 Å². The highest BCUT2D eigenvalue weighted by Gasteiger charge is 2.22. The SMILES string of the molecule is CC(C)(C)OC(=O)Nc1ccc(CCOOc2ccc(OC=O)cc2)c(NC(=O)OC(C)(C)C)c1.CCOC(=O)c1ccc(OOCCc2ccc(NC(=O)OC(C)(C)C)cc2NC(=O)OC(C)(C)C)cc1. The van der Waals surface area contributed by atoms with Crippen molar-refractivity contribution in [3.63, 3.8) is 0 Å². The highest BCUT2D eigenvalue weighted by Crippen LogP contribution is 2.26. The fourth-order valence-electron chi connectivity index (χ4n) is 5.66. The van der Waals surface area contributed by atoms with E-state index < -0.39 is 52.7 Å². The fourth-order valence-corrected chi connectivity index (χ4v) is 5.66. The van der Waals surface area contributed by atoms with Gasteiger partial charge in [-0.3, -0.25) is 26.1 Å². The number of nitrogens with one attached hydrogen (secondary N) is 4. The van der Waals surface area contributed by atoms with Gasteiger partial charge in [0.1, 0.15) is 28.2 Å². The normalized spacial score (nSPS) is 11.3. The lowest BCUT2D eigenvalue weighted by molar-refractivity contribution is -0.205. The Morgan fingerprint density at radius 3 is 1.17 bits per heavy atom. The van der Waals surface area contributed by atoms with Crippen LogP contribution in [0.25, 0.3) is 0 Å². The molecule has 0 unspecified atom stereocenters.